The summed E-state index contributed by atoms with van der Waals surface area (Å²) in [6.07, 6.45) is 0. The van der Waals surface area contributed by atoms with Crippen molar-refractivity contribution in [1.29, 1.82) is 0 Å². The molecule has 3 nitrogen and oxygen atoms in total. The highest BCUT2D eigenvalue weighted by Gasteiger charge is 2.22. The Morgan fingerprint density at radius 1 is 0.429 bits per heavy atom. The van der Waals surface area contributed by atoms with Gasteiger partial charge in [-0.2, -0.15) is 0 Å². The second-order valence-electron chi connectivity index (χ2n) is 12.6. The lowest BCUT2D eigenvalue weighted by Gasteiger charge is -2.27. The minimum Gasteiger partial charge on any atom is -0.455 e. The van der Waals surface area contributed by atoms with Gasteiger partial charge in [0.2, 0.25) is 0 Å². The summed E-state index contributed by atoms with van der Waals surface area (Å²) < 4.78 is 9.06. The molecule has 0 N–H and O–H groups in total. The molecular formula is C46H30N2O. The maximum absolute atomic E-state index is 6.68. The van der Waals surface area contributed by atoms with Crippen molar-refractivity contribution in [1.82, 2.24) is 4.57 Å². The van der Waals surface area contributed by atoms with Crippen molar-refractivity contribution in [3.8, 4) is 16.8 Å². The van der Waals surface area contributed by atoms with Crippen LogP contribution >= 0.6 is 0 Å². The molecule has 2 aromatic heterocycles. The molecule has 0 amide bonds. The highest BCUT2D eigenvalue weighted by atomic mass is 16.3. The van der Waals surface area contributed by atoms with Crippen molar-refractivity contribution in [2.24, 2.45) is 0 Å². The number of hydrogen-bond acceptors (Lipinski definition) is 2. The van der Waals surface area contributed by atoms with E-state index in [2.05, 4.69) is 191 Å². The van der Waals surface area contributed by atoms with Crippen molar-refractivity contribution >= 4 is 71.6 Å². The first-order valence-electron chi connectivity index (χ1n) is 16.7. The summed E-state index contributed by atoms with van der Waals surface area (Å²) in [4.78, 5) is 2.39. The quantitative estimate of drug-likeness (QED) is 0.190. The molecule has 0 aliphatic heterocycles. The molecule has 0 aliphatic carbocycles. The van der Waals surface area contributed by atoms with Gasteiger partial charge in [-0.25, -0.2) is 0 Å². The summed E-state index contributed by atoms with van der Waals surface area (Å²) in [7, 11) is 0. The molecule has 3 heteroatoms. The first-order chi connectivity index (χ1) is 24.3. The van der Waals surface area contributed by atoms with Gasteiger partial charge in [0.05, 0.1) is 22.1 Å². The second-order valence-corrected chi connectivity index (χ2v) is 12.6. The molecule has 0 aliphatic rings. The van der Waals surface area contributed by atoms with Gasteiger partial charge >= 0.3 is 0 Å². The smallest absolute Gasteiger partial charge is 0.143 e. The molecule has 0 spiro atoms. The van der Waals surface area contributed by atoms with E-state index in [1.165, 1.54) is 27.2 Å². The molecule has 0 saturated heterocycles. The Morgan fingerprint density at radius 3 is 1.98 bits per heavy atom. The van der Waals surface area contributed by atoms with Gasteiger partial charge in [-0.1, -0.05) is 121 Å². The standard InChI is InChI=1S/C46H30N2O/c1-3-13-31(14-4-1)33-16-11-19-35(29-33)47(42-23-12-24-44-45(42)40-27-25-32-15-7-8-20-37(32)46(40)49-44)36-26-28-39-38-21-9-10-22-41(38)48(43(39)30-36)34-17-5-2-6-18-34/h1-30H. The lowest BCUT2D eigenvalue weighted by atomic mass is 10.0. The maximum atomic E-state index is 6.68. The van der Waals surface area contributed by atoms with Crippen LogP contribution < -0.4 is 4.90 Å². The first-order valence-corrected chi connectivity index (χ1v) is 16.7. The molecule has 10 rings (SSSR count). The SMILES string of the molecule is c1ccc(-c2cccc(N(c3ccc4c5ccccc5n(-c5ccccc5)c4c3)c3cccc4oc5c6ccccc6ccc5c34)c2)cc1. The lowest BCUT2D eigenvalue weighted by Crippen LogP contribution is -2.10. The van der Waals surface area contributed by atoms with Crippen LogP contribution in [0.2, 0.25) is 0 Å². The van der Waals surface area contributed by atoms with Crippen LogP contribution in [0.5, 0.6) is 0 Å². The van der Waals surface area contributed by atoms with Gasteiger partial charge in [0.1, 0.15) is 11.2 Å². The molecule has 0 atom stereocenters. The summed E-state index contributed by atoms with van der Waals surface area (Å²) in [6, 6.07) is 64.9. The highest BCUT2D eigenvalue weighted by Crippen LogP contribution is 2.46. The third-order valence-electron chi connectivity index (χ3n) is 9.75. The number of furan rings is 1. The van der Waals surface area contributed by atoms with E-state index in [1.54, 1.807) is 0 Å². The van der Waals surface area contributed by atoms with Gasteiger partial charge in [-0.05, 0) is 77.2 Å². The highest BCUT2D eigenvalue weighted by molar-refractivity contribution is 6.20. The number of aromatic nitrogens is 1. The van der Waals surface area contributed by atoms with Crippen LogP contribution in [-0.2, 0) is 0 Å². The zero-order valence-electron chi connectivity index (χ0n) is 26.6. The van der Waals surface area contributed by atoms with Crippen LogP contribution in [0.25, 0.3) is 71.3 Å². The number of hydrogen-bond donors (Lipinski definition) is 0. The monoisotopic (exact) mass is 626 g/mol. The second kappa shape index (κ2) is 11.0. The molecule has 49 heavy (non-hydrogen) atoms. The molecule has 230 valence electrons. The van der Waals surface area contributed by atoms with Crippen molar-refractivity contribution in [2.75, 3.05) is 4.90 Å². The molecule has 8 aromatic carbocycles. The van der Waals surface area contributed by atoms with Gasteiger partial charge < -0.3 is 13.9 Å². The third kappa shape index (κ3) is 4.37. The van der Waals surface area contributed by atoms with Gasteiger partial charge in [0, 0.05) is 38.6 Å². The Kier molecular flexibility index (Phi) is 6.18. The fraction of sp³-hybridized carbons (Fsp3) is 0. The van der Waals surface area contributed by atoms with Crippen LogP contribution in [0, 0.1) is 0 Å². The van der Waals surface area contributed by atoms with E-state index in [0.717, 1.165) is 61.2 Å². The Morgan fingerprint density at radius 2 is 1.10 bits per heavy atom. The fourth-order valence-electron chi connectivity index (χ4n) is 7.56. The van der Waals surface area contributed by atoms with Crippen LogP contribution in [0.15, 0.2) is 186 Å². The lowest BCUT2D eigenvalue weighted by molar-refractivity contribution is 0.672. The summed E-state index contributed by atoms with van der Waals surface area (Å²) in [6.45, 7) is 0. The number of para-hydroxylation sites is 2. The average Bonchev–Trinajstić information content (AvgIpc) is 3.72. The zero-order chi connectivity index (χ0) is 32.3. The largest absolute Gasteiger partial charge is 0.455 e. The molecule has 0 bridgehead atoms. The first kappa shape index (κ1) is 27.5. The van der Waals surface area contributed by atoms with Crippen LogP contribution in [0.1, 0.15) is 0 Å². The van der Waals surface area contributed by atoms with Gasteiger partial charge in [0.15, 0.2) is 0 Å². The molecular weight excluding hydrogens is 597 g/mol. The maximum Gasteiger partial charge on any atom is 0.143 e. The van der Waals surface area contributed by atoms with Crippen molar-refractivity contribution < 1.29 is 4.42 Å². The number of fused-ring (bicyclic) bond motifs is 8. The van der Waals surface area contributed by atoms with Gasteiger partial charge in [-0.3, -0.25) is 0 Å². The van der Waals surface area contributed by atoms with E-state index in [4.69, 9.17) is 4.42 Å². The number of nitrogens with zero attached hydrogens (tertiary/aromatic N) is 2. The topological polar surface area (TPSA) is 21.3 Å². The molecule has 0 unspecified atom stereocenters. The minimum absolute atomic E-state index is 0.868. The van der Waals surface area contributed by atoms with Crippen LogP contribution in [0.3, 0.4) is 0 Å². The molecule has 10 aromatic rings. The minimum atomic E-state index is 0.868. The molecule has 0 radical (unpaired) electrons. The van der Waals surface area contributed by atoms with E-state index in [-0.39, 0.29) is 0 Å². The molecule has 0 fully saturated rings. The van der Waals surface area contributed by atoms with E-state index in [1.807, 2.05) is 0 Å². The summed E-state index contributed by atoms with van der Waals surface area (Å²) in [5.74, 6) is 0. The van der Waals surface area contributed by atoms with Gasteiger partial charge in [0.25, 0.3) is 0 Å². The number of benzene rings is 8. The van der Waals surface area contributed by atoms with Gasteiger partial charge in [-0.15, -0.1) is 0 Å². The predicted molar refractivity (Wildman–Crippen MR) is 206 cm³/mol. The van der Waals surface area contributed by atoms with E-state index < -0.39 is 0 Å². The normalized spacial score (nSPS) is 11.7. The third-order valence-corrected chi connectivity index (χ3v) is 9.75. The Hall–Kier alpha value is -6.58. The molecule has 2 heterocycles. The Labute approximate surface area is 283 Å². The molecule has 0 saturated carbocycles. The predicted octanol–water partition coefficient (Wildman–Crippen LogP) is 13.0. The zero-order valence-corrected chi connectivity index (χ0v) is 26.6. The van der Waals surface area contributed by atoms with Crippen molar-refractivity contribution in [3.05, 3.63) is 182 Å². The Bertz CT molecular complexity index is 2830. The number of anilines is 3. The summed E-state index contributed by atoms with van der Waals surface area (Å²) in [5.41, 5.74) is 10.8. The van der Waals surface area contributed by atoms with E-state index in [0.29, 0.717) is 0 Å². The number of rotatable bonds is 5. The van der Waals surface area contributed by atoms with Crippen LogP contribution in [-0.4, -0.2) is 4.57 Å². The Balaban J connectivity index is 1.28. The van der Waals surface area contributed by atoms with Crippen molar-refractivity contribution in [3.63, 3.8) is 0 Å². The average molecular weight is 627 g/mol. The van der Waals surface area contributed by atoms with Crippen molar-refractivity contribution in [2.45, 2.75) is 0 Å². The summed E-state index contributed by atoms with van der Waals surface area (Å²) in [5, 5.41) is 6.95. The fourth-order valence-corrected chi connectivity index (χ4v) is 7.56. The summed E-state index contributed by atoms with van der Waals surface area (Å²) >= 11 is 0. The van der Waals surface area contributed by atoms with E-state index >= 15 is 0 Å². The van der Waals surface area contributed by atoms with E-state index in [9.17, 15) is 0 Å². The van der Waals surface area contributed by atoms with Crippen LogP contribution in [0.4, 0.5) is 17.1 Å².